The summed E-state index contributed by atoms with van der Waals surface area (Å²) in [7, 11) is -3.75. The first-order chi connectivity index (χ1) is 12.0. The Balaban J connectivity index is 1.56. The van der Waals surface area contributed by atoms with Crippen molar-refractivity contribution in [2.45, 2.75) is 18.5 Å². The van der Waals surface area contributed by atoms with Crippen LogP contribution in [0.1, 0.15) is 22.9 Å². The molecule has 5 nitrogen and oxygen atoms in total. The quantitative estimate of drug-likeness (QED) is 0.703. The van der Waals surface area contributed by atoms with Crippen LogP contribution in [0.5, 0.6) is 0 Å². The summed E-state index contributed by atoms with van der Waals surface area (Å²) in [5.41, 5.74) is 1.66. The van der Waals surface area contributed by atoms with Crippen LogP contribution < -0.4 is 0 Å². The van der Waals surface area contributed by atoms with Crippen molar-refractivity contribution in [2.24, 2.45) is 0 Å². The molecular weight excluding hydrogens is 355 g/mol. The number of carbonyl (C=O) groups excluding carboxylic acids is 1. The van der Waals surface area contributed by atoms with Crippen molar-refractivity contribution in [1.29, 1.82) is 0 Å². The average Bonchev–Trinajstić information content (AvgIpc) is 3.19. The van der Waals surface area contributed by atoms with Gasteiger partial charge in [0.15, 0.2) is 0 Å². The van der Waals surface area contributed by atoms with Crippen LogP contribution in [0.4, 0.5) is 0 Å². The molecule has 25 heavy (non-hydrogen) atoms. The molecule has 0 spiro atoms. The summed E-state index contributed by atoms with van der Waals surface area (Å²) in [6.07, 6.45) is 0.214. The Kier molecular flexibility index (Phi) is 4.20. The fourth-order valence-corrected chi connectivity index (χ4v) is 5.93. The molecule has 1 saturated heterocycles. The highest BCUT2D eigenvalue weighted by molar-refractivity contribution is 7.55. The van der Waals surface area contributed by atoms with Crippen molar-refractivity contribution in [3.63, 3.8) is 0 Å². The number of para-hydroxylation sites is 1. The lowest BCUT2D eigenvalue weighted by molar-refractivity contribution is -0.124. The van der Waals surface area contributed by atoms with E-state index in [0.717, 1.165) is 25.5 Å². The van der Waals surface area contributed by atoms with E-state index in [9.17, 15) is 14.3 Å². The molecule has 4 rings (SSSR count). The van der Waals surface area contributed by atoms with Gasteiger partial charge in [-0.3, -0.25) is 14.0 Å². The lowest BCUT2D eigenvalue weighted by Crippen LogP contribution is -2.22. The second-order valence-corrected chi connectivity index (χ2v) is 9.40. The monoisotopic (exact) mass is 372 g/mol. The lowest BCUT2D eigenvalue weighted by Gasteiger charge is -2.23. The Bertz CT molecular complexity index is 940. The van der Waals surface area contributed by atoms with E-state index in [1.807, 2.05) is 42.5 Å². The summed E-state index contributed by atoms with van der Waals surface area (Å²) < 4.78 is 15.0. The summed E-state index contributed by atoms with van der Waals surface area (Å²) in [6, 6.07) is 16.9. The van der Waals surface area contributed by atoms with Crippen LogP contribution >= 0.6 is 18.9 Å². The highest BCUT2D eigenvalue weighted by atomic mass is 32.1. The molecule has 1 aromatic heterocycles. The fraction of sp³-hybridized carbons (Fsp3) is 0.222. The molecule has 2 unspecified atom stereocenters. The van der Waals surface area contributed by atoms with E-state index in [2.05, 4.69) is 4.98 Å². The number of nitrogens with zero attached hydrogens (tertiary/aromatic N) is 2. The standard InChI is InChI=1S/C18H17N2O3PS/c21-17-10-14(18-19-15-8-4-5-9-16(15)25-18)11-20(17)24(22,23)12-13-6-2-1-3-7-13/h1-9,14H,10-12H2,(H,22,23). The number of carbonyl (C=O) groups is 1. The molecule has 1 N–H and O–H groups in total. The van der Waals surface area contributed by atoms with E-state index in [1.165, 1.54) is 0 Å². The number of aromatic nitrogens is 1. The van der Waals surface area contributed by atoms with Crippen LogP contribution in [0, 0.1) is 0 Å². The van der Waals surface area contributed by atoms with Crippen LogP contribution in [0.25, 0.3) is 10.2 Å². The molecule has 0 bridgehead atoms. The minimum absolute atomic E-state index is 0.0217. The summed E-state index contributed by atoms with van der Waals surface area (Å²) >= 11 is 1.55. The second kappa shape index (κ2) is 6.37. The Morgan fingerprint density at radius 1 is 1.16 bits per heavy atom. The molecule has 0 radical (unpaired) electrons. The van der Waals surface area contributed by atoms with Gasteiger partial charge in [-0.25, -0.2) is 4.98 Å². The maximum Gasteiger partial charge on any atom is 0.300 e. The van der Waals surface area contributed by atoms with Crippen molar-refractivity contribution in [1.82, 2.24) is 9.65 Å². The molecule has 7 heteroatoms. The highest BCUT2D eigenvalue weighted by Gasteiger charge is 2.41. The molecule has 1 fully saturated rings. The topological polar surface area (TPSA) is 70.5 Å². The third-order valence-corrected chi connectivity index (χ3v) is 7.49. The summed E-state index contributed by atoms with van der Waals surface area (Å²) in [4.78, 5) is 27.5. The van der Waals surface area contributed by atoms with E-state index >= 15 is 0 Å². The number of hydrogen-bond acceptors (Lipinski definition) is 4. The summed E-state index contributed by atoms with van der Waals surface area (Å²) in [5, 5.41) is 0.858. The first kappa shape index (κ1) is 16.5. The Labute approximate surface area is 149 Å². The maximum absolute atomic E-state index is 12.8. The highest BCUT2D eigenvalue weighted by Crippen LogP contribution is 2.53. The van der Waals surface area contributed by atoms with E-state index in [0.29, 0.717) is 0 Å². The van der Waals surface area contributed by atoms with Gasteiger partial charge in [0.05, 0.1) is 21.4 Å². The van der Waals surface area contributed by atoms with Crippen molar-refractivity contribution >= 4 is 35.0 Å². The zero-order valence-corrected chi connectivity index (χ0v) is 15.1. The molecule has 2 aromatic carbocycles. The smallest absolute Gasteiger partial charge is 0.300 e. The SMILES string of the molecule is O=C1CC(c2nc3ccccc3s2)CN1P(=O)(O)Cc1ccccc1. The maximum atomic E-state index is 12.8. The van der Waals surface area contributed by atoms with Crippen LogP contribution in [-0.4, -0.2) is 27.0 Å². The third-order valence-electron chi connectivity index (χ3n) is 4.37. The summed E-state index contributed by atoms with van der Waals surface area (Å²) in [6.45, 7) is 0.249. The molecule has 2 heterocycles. The van der Waals surface area contributed by atoms with Crippen LogP contribution in [0.3, 0.4) is 0 Å². The molecule has 2 atom stereocenters. The predicted molar refractivity (Wildman–Crippen MR) is 98.7 cm³/mol. The molecule has 0 saturated carbocycles. The van der Waals surface area contributed by atoms with Gasteiger partial charge in [-0.15, -0.1) is 11.3 Å². The van der Waals surface area contributed by atoms with Gasteiger partial charge in [-0.2, -0.15) is 0 Å². The molecule has 3 aromatic rings. The van der Waals surface area contributed by atoms with Crippen LogP contribution in [-0.2, 0) is 15.5 Å². The van der Waals surface area contributed by atoms with E-state index in [4.69, 9.17) is 0 Å². The Morgan fingerprint density at radius 3 is 2.64 bits per heavy atom. The molecule has 128 valence electrons. The van der Waals surface area contributed by atoms with Gasteiger partial charge < -0.3 is 4.89 Å². The minimum Gasteiger partial charge on any atom is -0.329 e. The van der Waals surface area contributed by atoms with E-state index in [-0.39, 0.29) is 31.0 Å². The third kappa shape index (κ3) is 3.25. The van der Waals surface area contributed by atoms with Gasteiger partial charge in [-0.05, 0) is 17.7 Å². The van der Waals surface area contributed by atoms with Gasteiger partial charge in [-0.1, -0.05) is 42.5 Å². The molecule has 0 aliphatic carbocycles. The van der Waals surface area contributed by atoms with Gasteiger partial charge in [0.1, 0.15) is 0 Å². The van der Waals surface area contributed by atoms with Gasteiger partial charge >= 0.3 is 0 Å². The van der Waals surface area contributed by atoms with Crippen molar-refractivity contribution < 1.29 is 14.3 Å². The number of thiazole rings is 1. The van der Waals surface area contributed by atoms with Crippen molar-refractivity contribution in [3.05, 3.63) is 65.2 Å². The zero-order chi connectivity index (χ0) is 17.4. The number of rotatable bonds is 4. The van der Waals surface area contributed by atoms with E-state index in [1.54, 1.807) is 23.5 Å². The van der Waals surface area contributed by atoms with Gasteiger partial charge in [0.2, 0.25) is 5.91 Å². The number of amides is 1. The Morgan fingerprint density at radius 2 is 1.88 bits per heavy atom. The van der Waals surface area contributed by atoms with Crippen LogP contribution in [0.2, 0.25) is 0 Å². The molecule has 1 amide bonds. The predicted octanol–water partition coefficient (Wildman–Crippen LogP) is 4.00. The van der Waals surface area contributed by atoms with Crippen molar-refractivity contribution in [2.75, 3.05) is 6.54 Å². The first-order valence-corrected chi connectivity index (χ1v) is 10.7. The fourth-order valence-electron chi connectivity index (χ4n) is 3.13. The number of fused-ring (bicyclic) bond motifs is 1. The largest absolute Gasteiger partial charge is 0.329 e. The second-order valence-electron chi connectivity index (χ2n) is 6.21. The summed E-state index contributed by atoms with van der Waals surface area (Å²) in [5.74, 6) is -0.396. The molecular formula is C18H17N2O3PS. The molecule has 1 aliphatic heterocycles. The van der Waals surface area contributed by atoms with Crippen LogP contribution in [0.15, 0.2) is 54.6 Å². The molecule has 1 aliphatic rings. The van der Waals surface area contributed by atoms with Crippen molar-refractivity contribution in [3.8, 4) is 0 Å². The number of benzene rings is 2. The lowest BCUT2D eigenvalue weighted by atomic mass is 10.1. The Hall–Kier alpha value is -2.01. The normalized spacial score (nSPS) is 20.1. The number of hydrogen-bond donors (Lipinski definition) is 1. The average molecular weight is 372 g/mol. The van der Waals surface area contributed by atoms with E-state index < -0.39 is 7.52 Å². The first-order valence-electron chi connectivity index (χ1n) is 8.05. The minimum atomic E-state index is -3.75. The van der Waals surface area contributed by atoms with Gasteiger partial charge in [0, 0.05) is 18.9 Å². The zero-order valence-electron chi connectivity index (χ0n) is 13.4. The van der Waals surface area contributed by atoms with Gasteiger partial charge in [0.25, 0.3) is 7.52 Å².